The van der Waals surface area contributed by atoms with Crippen molar-refractivity contribution in [2.24, 2.45) is 5.92 Å². The zero-order valence-electron chi connectivity index (χ0n) is 12.7. The van der Waals surface area contributed by atoms with E-state index in [9.17, 15) is 0 Å². The third-order valence-corrected chi connectivity index (χ3v) is 4.00. The maximum absolute atomic E-state index is 5.53. The van der Waals surface area contributed by atoms with Gasteiger partial charge in [0.05, 0.1) is 11.4 Å². The van der Waals surface area contributed by atoms with Gasteiger partial charge in [-0.05, 0) is 37.2 Å². The summed E-state index contributed by atoms with van der Waals surface area (Å²) in [5, 5.41) is 16.1. The molecule has 114 valence electrons. The van der Waals surface area contributed by atoms with E-state index in [4.69, 9.17) is 4.74 Å². The summed E-state index contributed by atoms with van der Waals surface area (Å²) in [4.78, 5) is 0. The zero-order chi connectivity index (χ0) is 14.7. The van der Waals surface area contributed by atoms with E-state index in [1.165, 1.54) is 12.8 Å². The van der Waals surface area contributed by atoms with E-state index >= 15 is 0 Å². The molecular weight excluding hydrogens is 266 g/mol. The van der Waals surface area contributed by atoms with Crippen molar-refractivity contribution in [3.63, 3.8) is 0 Å². The molecule has 1 unspecified atom stereocenters. The van der Waals surface area contributed by atoms with Gasteiger partial charge < -0.3 is 10.1 Å². The monoisotopic (exact) mass is 289 g/mol. The molecule has 2 aromatic rings. The summed E-state index contributed by atoms with van der Waals surface area (Å²) in [6.45, 7) is 7.03. The molecule has 1 saturated heterocycles. The van der Waals surface area contributed by atoms with Gasteiger partial charge in [-0.3, -0.25) is 0 Å². The Balaban J connectivity index is 1.68. The number of hydrogen-bond donors (Lipinski definition) is 1. The third-order valence-electron chi connectivity index (χ3n) is 4.00. The van der Waals surface area contributed by atoms with Crippen molar-refractivity contribution < 1.29 is 4.74 Å². The lowest BCUT2D eigenvalue weighted by Crippen LogP contribution is -2.20. The lowest BCUT2D eigenvalue weighted by molar-refractivity contribution is 0.0530. The Kier molecular flexibility index (Phi) is 4.34. The van der Waals surface area contributed by atoms with E-state index < -0.39 is 0 Å². The number of hydrogen-bond acceptors (Lipinski definition) is 5. The molecule has 0 saturated carbocycles. The highest BCUT2D eigenvalue weighted by Crippen LogP contribution is 2.21. The minimum atomic E-state index is 0.379. The first-order chi connectivity index (χ1) is 10.2. The molecule has 0 radical (unpaired) electrons. The highest BCUT2D eigenvalue weighted by molar-refractivity contribution is 5.66. The molecule has 1 N–H and O–H groups in total. The van der Waals surface area contributed by atoms with E-state index in [1.54, 1.807) is 10.8 Å². The van der Waals surface area contributed by atoms with Crippen molar-refractivity contribution in [3.05, 3.63) is 18.1 Å². The maximum Gasteiger partial charge on any atom is 0.200 e. The first kappa shape index (κ1) is 14.3. The number of aromatic nitrogens is 4. The molecule has 0 amide bonds. The Bertz CT molecular complexity index is 589. The average Bonchev–Trinajstić information content (AvgIpc) is 2.96. The van der Waals surface area contributed by atoms with Gasteiger partial charge in [-0.15, -0.1) is 10.2 Å². The van der Waals surface area contributed by atoms with Gasteiger partial charge in [0.2, 0.25) is 5.65 Å². The zero-order valence-corrected chi connectivity index (χ0v) is 12.7. The fourth-order valence-corrected chi connectivity index (χ4v) is 2.70. The van der Waals surface area contributed by atoms with Crippen molar-refractivity contribution >= 4 is 11.3 Å². The Morgan fingerprint density at radius 2 is 2.38 bits per heavy atom. The second kappa shape index (κ2) is 6.39. The molecule has 6 heteroatoms. The first-order valence-corrected chi connectivity index (χ1v) is 7.76. The van der Waals surface area contributed by atoms with E-state index in [0.29, 0.717) is 11.8 Å². The molecule has 6 nitrogen and oxygen atoms in total. The molecule has 3 heterocycles. The molecule has 21 heavy (non-hydrogen) atoms. The number of anilines is 1. The van der Waals surface area contributed by atoms with Gasteiger partial charge in [-0.25, -0.2) is 0 Å². The van der Waals surface area contributed by atoms with Crippen LogP contribution in [0.25, 0.3) is 5.65 Å². The second-order valence-electron chi connectivity index (χ2n) is 6.04. The van der Waals surface area contributed by atoms with Crippen LogP contribution in [0.3, 0.4) is 0 Å². The molecule has 0 bridgehead atoms. The van der Waals surface area contributed by atoms with E-state index in [1.807, 2.05) is 0 Å². The van der Waals surface area contributed by atoms with Crippen LogP contribution >= 0.6 is 0 Å². The second-order valence-corrected chi connectivity index (χ2v) is 6.04. The van der Waals surface area contributed by atoms with Crippen LogP contribution in [0.15, 0.2) is 12.4 Å². The fourth-order valence-electron chi connectivity index (χ4n) is 2.70. The number of fused-ring (bicyclic) bond motifs is 1. The molecule has 2 aromatic heterocycles. The van der Waals surface area contributed by atoms with Crippen LogP contribution in [0, 0.1) is 5.92 Å². The van der Waals surface area contributed by atoms with Crippen molar-refractivity contribution in [2.75, 3.05) is 25.1 Å². The molecule has 0 spiro atoms. The number of nitrogens with zero attached hydrogens (tertiary/aromatic N) is 4. The molecule has 1 atom stereocenters. The largest absolute Gasteiger partial charge is 0.382 e. The van der Waals surface area contributed by atoms with E-state index in [2.05, 4.69) is 40.5 Å². The Morgan fingerprint density at radius 1 is 1.48 bits per heavy atom. The summed E-state index contributed by atoms with van der Waals surface area (Å²) in [6.07, 6.45) is 5.24. The summed E-state index contributed by atoms with van der Waals surface area (Å²) >= 11 is 0. The van der Waals surface area contributed by atoms with E-state index in [-0.39, 0.29) is 0 Å². The Morgan fingerprint density at radius 3 is 3.14 bits per heavy atom. The summed E-state index contributed by atoms with van der Waals surface area (Å²) in [5.74, 6) is 1.05. The minimum absolute atomic E-state index is 0.379. The van der Waals surface area contributed by atoms with Crippen molar-refractivity contribution in [2.45, 2.75) is 39.0 Å². The highest BCUT2D eigenvalue weighted by atomic mass is 16.5. The Hall–Kier alpha value is -1.69. The van der Waals surface area contributed by atoms with Crippen molar-refractivity contribution in [3.8, 4) is 0 Å². The molecule has 1 aliphatic rings. The Labute approximate surface area is 124 Å². The number of ether oxygens (including phenoxy) is 1. The van der Waals surface area contributed by atoms with Gasteiger partial charge >= 0.3 is 0 Å². The van der Waals surface area contributed by atoms with Crippen LogP contribution in [0.2, 0.25) is 0 Å². The average molecular weight is 289 g/mol. The molecule has 0 aliphatic carbocycles. The number of nitrogens with one attached hydrogen (secondary N) is 1. The van der Waals surface area contributed by atoms with Crippen LogP contribution in [-0.2, 0) is 4.74 Å². The van der Waals surface area contributed by atoms with Crippen LogP contribution in [-0.4, -0.2) is 39.6 Å². The van der Waals surface area contributed by atoms with Crippen molar-refractivity contribution in [1.82, 2.24) is 19.8 Å². The minimum Gasteiger partial charge on any atom is -0.382 e. The summed E-state index contributed by atoms with van der Waals surface area (Å²) in [6, 6.07) is 2.09. The quantitative estimate of drug-likeness (QED) is 0.916. The van der Waals surface area contributed by atoms with Crippen LogP contribution in [0.1, 0.15) is 44.7 Å². The first-order valence-electron chi connectivity index (χ1n) is 7.76. The van der Waals surface area contributed by atoms with Gasteiger partial charge in [-0.2, -0.15) is 9.61 Å². The molecule has 1 aliphatic heterocycles. The summed E-state index contributed by atoms with van der Waals surface area (Å²) in [5.41, 5.74) is 2.85. The number of rotatable bonds is 5. The smallest absolute Gasteiger partial charge is 0.200 e. The van der Waals surface area contributed by atoms with Gasteiger partial charge in [0.25, 0.3) is 0 Å². The van der Waals surface area contributed by atoms with Crippen LogP contribution < -0.4 is 5.32 Å². The van der Waals surface area contributed by atoms with Gasteiger partial charge in [0.15, 0.2) is 0 Å². The summed E-state index contributed by atoms with van der Waals surface area (Å²) in [7, 11) is 0. The van der Waals surface area contributed by atoms with Crippen LogP contribution in [0.4, 0.5) is 5.69 Å². The third kappa shape index (κ3) is 3.32. The molecular formula is C15H23N5O. The standard InChI is InChI=1S/C15H23N5O/c1-11(2)13-8-14(15-18-17-10-20(15)19-13)16-6-5-12-4-3-7-21-9-12/h8,10-12,16H,3-7,9H2,1-2H3. The molecule has 3 rings (SSSR count). The maximum atomic E-state index is 5.53. The fraction of sp³-hybridized carbons (Fsp3) is 0.667. The predicted octanol–water partition coefficient (Wildman–Crippen LogP) is 2.48. The summed E-state index contributed by atoms with van der Waals surface area (Å²) < 4.78 is 7.28. The highest BCUT2D eigenvalue weighted by Gasteiger charge is 2.14. The van der Waals surface area contributed by atoms with Crippen LogP contribution in [0.5, 0.6) is 0 Å². The lowest BCUT2D eigenvalue weighted by atomic mass is 9.99. The van der Waals surface area contributed by atoms with Crippen molar-refractivity contribution in [1.29, 1.82) is 0 Å². The predicted molar refractivity (Wildman–Crippen MR) is 81.5 cm³/mol. The normalized spacial score (nSPS) is 19.3. The molecule has 1 fully saturated rings. The topological polar surface area (TPSA) is 64.3 Å². The SMILES string of the molecule is CC(C)c1cc(NCCC2CCCOC2)c2nncn2n1. The van der Waals surface area contributed by atoms with Gasteiger partial charge in [-0.1, -0.05) is 13.8 Å². The molecule has 0 aromatic carbocycles. The van der Waals surface area contributed by atoms with E-state index in [0.717, 1.165) is 43.2 Å². The van der Waals surface area contributed by atoms with Gasteiger partial charge in [0.1, 0.15) is 6.33 Å². The lowest BCUT2D eigenvalue weighted by Gasteiger charge is -2.22. The van der Waals surface area contributed by atoms with Gasteiger partial charge in [0, 0.05) is 19.8 Å².